The summed E-state index contributed by atoms with van der Waals surface area (Å²) in [6.45, 7) is 4.27. The van der Waals surface area contributed by atoms with Crippen LogP contribution in [-0.4, -0.2) is 46.8 Å². The number of nitrogens with zero attached hydrogens (tertiary/aromatic N) is 4. The molecule has 3 aromatic rings. The minimum absolute atomic E-state index is 0.108. The number of carbonyl (C=O) groups is 1. The van der Waals surface area contributed by atoms with Crippen molar-refractivity contribution in [2.75, 3.05) is 18.4 Å². The minimum Gasteiger partial charge on any atom is -0.339 e. The standard InChI is InChI=1S/C20H23N5O4S2/c1-3-18-23-19(24-29-18)16-11-17(13(2)30-16)31(27,28)25-9-6-14(7-10-25)20(26)22-15-5-4-8-21-12-15/h4-5,8,11-12,14H,3,6-7,9-10H2,1-2H3,(H,22,26). The van der Waals surface area contributed by atoms with Crippen LogP contribution in [0.2, 0.25) is 0 Å². The Labute approximate surface area is 184 Å². The topological polar surface area (TPSA) is 118 Å². The molecule has 0 unspecified atom stereocenters. The number of pyridine rings is 1. The summed E-state index contributed by atoms with van der Waals surface area (Å²) < 4.78 is 33.1. The van der Waals surface area contributed by atoms with Crippen molar-refractivity contribution in [2.24, 2.45) is 5.92 Å². The zero-order valence-corrected chi connectivity index (χ0v) is 18.9. The molecule has 0 radical (unpaired) electrons. The van der Waals surface area contributed by atoms with Crippen LogP contribution in [-0.2, 0) is 21.2 Å². The molecule has 31 heavy (non-hydrogen) atoms. The zero-order valence-electron chi connectivity index (χ0n) is 17.2. The number of anilines is 1. The second-order valence-corrected chi connectivity index (χ2v) is 10.5. The van der Waals surface area contributed by atoms with E-state index in [-0.39, 0.29) is 16.7 Å². The van der Waals surface area contributed by atoms with E-state index >= 15 is 0 Å². The summed E-state index contributed by atoms with van der Waals surface area (Å²) in [6.07, 6.45) is 4.77. The summed E-state index contributed by atoms with van der Waals surface area (Å²) >= 11 is 1.33. The van der Waals surface area contributed by atoms with Crippen LogP contribution >= 0.6 is 11.3 Å². The van der Waals surface area contributed by atoms with Gasteiger partial charge in [0.1, 0.15) is 0 Å². The molecule has 1 fully saturated rings. The van der Waals surface area contributed by atoms with Gasteiger partial charge < -0.3 is 9.84 Å². The molecular weight excluding hydrogens is 438 g/mol. The molecule has 0 aromatic carbocycles. The molecule has 4 rings (SSSR count). The van der Waals surface area contributed by atoms with Crippen molar-refractivity contribution >= 4 is 33.0 Å². The van der Waals surface area contributed by atoms with Crippen molar-refractivity contribution < 1.29 is 17.7 Å². The first kappa shape index (κ1) is 21.6. The van der Waals surface area contributed by atoms with Crippen molar-refractivity contribution in [1.82, 2.24) is 19.4 Å². The minimum atomic E-state index is -3.67. The van der Waals surface area contributed by atoms with Crippen molar-refractivity contribution in [2.45, 2.75) is 38.0 Å². The number of carbonyl (C=O) groups excluding carboxylic acids is 1. The number of nitrogens with one attached hydrogen (secondary N) is 1. The number of piperidine rings is 1. The van der Waals surface area contributed by atoms with Crippen LogP contribution in [0.1, 0.15) is 30.5 Å². The Hall–Kier alpha value is -2.63. The van der Waals surface area contributed by atoms with Gasteiger partial charge in [-0.15, -0.1) is 11.3 Å². The summed E-state index contributed by atoms with van der Waals surface area (Å²) in [7, 11) is -3.67. The molecule has 0 bridgehead atoms. The Morgan fingerprint density at radius 1 is 1.35 bits per heavy atom. The monoisotopic (exact) mass is 461 g/mol. The first-order chi connectivity index (χ1) is 14.9. The molecule has 1 N–H and O–H groups in total. The van der Waals surface area contributed by atoms with Crippen molar-refractivity contribution in [3.8, 4) is 10.7 Å². The Morgan fingerprint density at radius 2 is 2.13 bits per heavy atom. The summed E-state index contributed by atoms with van der Waals surface area (Å²) in [5, 5.41) is 6.78. The largest absolute Gasteiger partial charge is 0.339 e. The number of hydrogen-bond acceptors (Lipinski definition) is 8. The molecule has 0 aliphatic carbocycles. The summed E-state index contributed by atoms with van der Waals surface area (Å²) in [5.41, 5.74) is 0.636. The average molecular weight is 462 g/mol. The molecule has 0 atom stereocenters. The number of thiophene rings is 1. The van der Waals surface area contributed by atoms with E-state index in [1.807, 2.05) is 6.92 Å². The second-order valence-electron chi connectivity index (χ2n) is 7.31. The predicted octanol–water partition coefficient (Wildman–Crippen LogP) is 3.10. The third-order valence-corrected chi connectivity index (χ3v) is 8.44. The van der Waals surface area contributed by atoms with E-state index in [1.54, 1.807) is 37.5 Å². The zero-order chi connectivity index (χ0) is 22.0. The number of amides is 1. The summed E-state index contributed by atoms with van der Waals surface area (Å²) in [5.74, 6) is 0.565. The Morgan fingerprint density at radius 3 is 2.77 bits per heavy atom. The van der Waals surface area contributed by atoms with Gasteiger partial charge in [-0.25, -0.2) is 8.42 Å². The highest BCUT2D eigenvalue weighted by Crippen LogP contribution is 2.35. The maximum Gasteiger partial charge on any atom is 0.244 e. The van der Waals surface area contributed by atoms with Crippen LogP contribution in [0.4, 0.5) is 5.69 Å². The van der Waals surface area contributed by atoms with Gasteiger partial charge in [0.2, 0.25) is 27.6 Å². The fraction of sp³-hybridized carbons (Fsp3) is 0.400. The molecule has 0 saturated carbocycles. The maximum atomic E-state index is 13.2. The van der Waals surface area contributed by atoms with E-state index < -0.39 is 10.0 Å². The van der Waals surface area contributed by atoms with Crippen LogP contribution in [0.5, 0.6) is 0 Å². The first-order valence-electron chi connectivity index (χ1n) is 10.0. The first-order valence-corrected chi connectivity index (χ1v) is 12.3. The van der Waals surface area contributed by atoms with Gasteiger partial charge in [0.25, 0.3) is 0 Å². The number of aromatic nitrogens is 3. The molecule has 9 nitrogen and oxygen atoms in total. The van der Waals surface area contributed by atoms with E-state index in [4.69, 9.17) is 4.52 Å². The third kappa shape index (κ3) is 4.53. The van der Waals surface area contributed by atoms with Gasteiger partial charge in [-0.2, -0.15) is 9.29 Å². The second kappa shape index (κ2) is 8.85. The highest BCUT2D eigenvalue weighted by atomic mass is 32.2. The van der Waals surface area contributed by atoms with Gasteiger partial charge in [-0.05, 0) is 38.0 Å². The van der Waals surface area contributed by atoms with Gasteiger partial charge in [-0.3, -0.25) is 9.78 Å². The quantitative estimate of drug-likeness (QED) is 0.599. The molecular formula is C20H23N5O4S2. The van der Waals surface area contributed by atoms with Crippen LogP contribution < -0.4 is 5.32 Å². The average Bonchev–Trinajstić information content (AvgIpc) is 3.41. The normalized spacial score (nSPS) is 15.8. The molecule has 4 heterocycles. The van der Waals surface area contributed by atoms with E-state index in [0.717, 1.165) is 0 Å². The van der Waals surface area contributed by atoms with Gasteiger partial charge in [-0.1, -0.05) is 12.1 Å². The van der Waals surface area contributed by atoms with Gasteiger partial charge in [0.05, 0.1) is 21.7 Å². The summed E-state index contributed by atoms with van der Waals surface area (Å²) in [4.78, 5) is 22.4. The molecule has 1 saturated heterocycles. The van der Waals surface area contributed by atoms with Crippen LogP contribution in [0.3, 0.4) is 0 Å². The predicted molar refractivity (Wildman–Crippen MR) is 116 cm³/mol. The molecule has 164 valence electrons. The lowest BCUT2D eigenvalue weighted by molar-refractivity contribution is -0.120. The van der Waals surface area contributed by atoms with Gasteiger partial charge >= 0.3 is 0 Å². The number of rotatable bonds is 6. The van der Waals surface area contributed by atoms with E-state index in [2.05, 4.69) is 20.4 Å². The Kier molecular flexibility index (Phi) is 6.17. The number of aryl methyl sites for hydroxylation is 2. The van der Waals surface area contributed by atoms with E-state index in [1.165, 1.54) is 15.6 Å². The lowest BCUT2D eigenvalue weighted by Crippen LogP contribution is -2.41. The lowest BCUT2D eigenvalue weighted by Gasteiger charge is -2.30. The molecule has 0 spiro atoms. The van der Waals surface area contributed by atoms with Gasteiger partial charge in [0.15, 0.2) is 0 Å². The van der Waals surface area contributed by atoms with E-state index in [0.29, 0.717) is 59.5 Å². The van der Waals surface area contributed by atoms with Crippen molar-refractivity contribution in [3.05, 3.63) is 41.4 Å². The fourth-order valence-electron chi connectivity index (χ4n) is 3.51. The molecule has 1 aliphatic heterocycles. The summed E-state index contributed by atoms with van der Waals surface area (Å²) in [6, 6.07) is 5.13. The Bertz CT molecular complexity index is 1170. The highest BCUT2D eigenvalue weighted by Gasteiger charge is 2.34. The molecule has 1 aliphatic rings. The van der Waals surface area contributed by atoms with Crippen molar-refractivity contribution in [3.63, 3.8) is 0 Å². The maximum absolute atomic E-state index is 13.2. The third-order valence-electron chi connectivity index (χ3n) is 5.23. The molecule has 1 amide bonds. The SMILES string of the molecule is CCc1nc(-c2cc(S(=O)(=O)N3CCC(C(=O)Nc4cccnc4)CC3)c(C)s2)no1. The fourth-order valence-corrected chi connectivity index (χ4v) is 6.46. The molecule has 3 aromatic heterocycles. The number of hydrogen-bond donors (Lipinski definition) is 1. The Balaban J connectivity index is 1.44. The van der Waals surface area contributed by atoms with Gasteiger partial charge in [0, 0.05) is 36.5 Å². The van der Waals surface area contributed by atoms with Crippen LogP contribution in [0.25, 0.3) is 10.7 Å². The van der Waals surface area contributed by atoms with Crippen molar-refractivity contribution in [1.29, 1.82) is 0 Å². The van der Waals surface area contributed by atoms with Crippen LogP contribution in [0.15, 0.2) is 40.0 Å². The van der Waals surface area contributed by atoms with Crippen LogP contribution in [0, 0.1) is 12.8 Å². The number of sulfonamides is 1. The van der Waals surface area contributed by atoms with E-state index in [9.17, 15) is 13.2 Å². The smallest absolute Gasteiger partial charge is 0.244 e. The lowest BCUT2D eigenvalue weighted by atomic mass is 9.97. The molecule has 11 heteroatoms. The highest BCUT2D eigenvalue weighted by molar-refractivity contribution is 7.89.